The molecule has 0 saturated carbocycles. The van der Waals surface area contributed by atoms with Crippen LogP contribution in [0.5, 0.6) is 5.75 Å². The molecule has 0 unspecified atom stereocenters. The number of ether oxygens (including phenoxy) is 1. The molecule has 0 N–H and O–H groups in total. The highest BCUT2D eigenvalue weighted by Crippen LogP contribution is 2.46. The first-order valence-corrected chi connectivity index (χ1v) is 12.4. The van der Waals surface area contributed by atoms with Gasteiger partial charge < -0.3 is 9.64 Å². The number of rotatable bonds is 9. The fourth-order valence-corrected chi connectivity index (χ4v) is 4.77. The Morgan fingerprint density at radius 1 is 0.865 bits per heavy atom. The summed E-state index contributed by atoms with van der Waals surface area (Å²) in [6, 6.07) is 31.1. The van der Waals surface area contributed by atoms with Crippen LogP contribution in [-0.4, -0.2) is 11.7 Å². The first-order chi connectivity index (χ1) is 18.0. The van der Waals surface area contributed by atoms with Gasteiger partial charge >= 0.3 is 0 Å². The van der Waals surface area contributed by atoms with E-state index in [9.17, 15) is 14.0 Å². The van der Waals surface area contributed by atoms with Gasteiger partial charge in [-0.3, -0.25) is 9.59 Å². The molecule has 5 rings (SSSR count). The zero-order valence-electron chi connectivity index (χ0n) is 20.6. The van der Waals surface area contributed by atoms with Crippen LogP contribution in [0.25, 0.3) is 0 Å². The van der Waals surface area contributed by atoms with Crippen LogP contribution >= 0.6 is 0 Å². The Balaban J connectivity index is 1.33. The number of hydrogen-bond acceptors (Lipinski definition) is 3. The van der Waals surface area contributed by atoms with Crippen molar-refractivity contribution in [2.45, 2.75) is 32.4 Å². The molecule has 0 bridgehead atoms. The van der Waals surface area contributed by atoms with Crippen LogP contribution in [0.15, 0.2) is 103 Å². The third-order valence-electron chi connectivity index (χ3n) is 6.84. The summed E-state index contributed by atoms with van der Waals surface area (Å²) in [5, 5.41) is 0. The van der Waals surface area contributed by atoms with Gasteiger partial charge in [-0.15, -0.1) is 0 Å². The Morgan fingerprint density at radius 3 is 2.22 bits per heavy atom. The minimum absolute atomic E-state index is 0.00478. The van der Waals surface area contributed by atoms with Gasteiger partial charge in [0.1, 0.15) is 18.2 Å². The van der Waals surface area contributed by atoms with Crippen molar-refractivity contribution >= 4 is 17.4 Å². The van der Waals surface area contributed by atoms with Crippen molar-refractivity contribution in [3.63, 3.8) is 0 Å². The van der Waals surface area contributed by atoms with E-state index in [0.717, 1.165) is 28.1 Å². The SMILES string of the molecule is Cc1ccc(N2C(=O)[C@H](CCC(=O)c3ccc(F)cc3)[C@H]2c2ccc(OCc3ccccc3)cc2)cc1. The maximum Gasteiger partial charge on any atom is 0.233 e. The predicted octanol–water partition coefficient (Wildman–Crippen LogP) is 7.08. The number of benzene rings is 4. The van der Waals surface area contributed by atoms with E-state index in [1.807, 2.05) is 90.7 Å². The number of nitrogens with zero attached hydrogens (tertiary/aromatic N) is 1. The van der Waals surface area contributed by atoms with Gasteiger partial charge in [0.25, 0.3) is 0 Å². The number of ketones is 1. The maximum absolute atomic E-state index is 13.3. The van der Waals surface area contributed by atoms with Crippen molar-refractivity contribution < 1.29 is 18.7 Å². The molecule has 186 valence electrons. The summed E-state index contributed by atoms with van der Waals surface area (Å²) in [5.74, 6) is -0.0316. The first-order valence-electron chi connectivity index (χ1n) is 12.4. The molecule has 1 amide bonds. The van der Waals surface area contributed by atoms with E-state index in [-0.39, 0.29) is 35.9 Å². The predicted molar refractivity (Wildman–Crippen MR) is 142 cm³/mol. The Hall–Kier alpha value is -4.25. The largest absolute Gasteiger partial charge is 0.489 e. The van der Waals surface area contributed by atoms with Crippen LogP contribution in [0.1, 0.15) is 45.9 Å². The van der Waals surface area contributed by atoms with Crippen molar-refractivity contribution in [2.75, 3.05) is 4.90 Å². The minimum atomic E-state index is -0.379. The second-order valence-electron chi connectivity index (χ2n) is 9.41. The van der Waals surface area contributed by atoms with Gasteiger partial charge in [0.05, 0.1) is 12.0 Å². The first kappa shape index (κ1) is 24.4. The van der Waals surface area contributed by atoms with Gasteiger partial charge in [0.2, 0.25) is 5.91 Å². The van der Waals surface area contributed by atoms with Gasteiger partial charge in [-0.1, -0.05) is 60.2 Å². The third-order valence-corrected chi connectivity index (χ3v) is 6.84. The summed E-state index contributed by atoms with van der Waals surface area (Å²) in [4.78, 5) is 27.8. The number of aryl methyl sites for hydroxylation is 1. The van der Waals surface area contributed by atoms with E-state index in [2.05, 4.69) is 0 Å². The van der Waals surface area contributed by atoms with Gasteiger partial charge in [0, 0.05) is 17.7 Å². The number of Topliss-reactive ketones (excluding diaryl/α,β-unsaturated/α-hetero) is 1. The van der Waals surface area contributed by atoms with Crippen molar-refractivity contribution in [1.82, 2.24) is 0 Å². The van der Waals surface area contributed by atoms with E-state index in [1.165, 1.54) is 24.3 Å². The molecule has 1 saturated heterocycles. The van der Waals surface area contributed by atoms with Gasteiger partial charge in [0.15, 0.2) is 5.78 Å². The van der Waals surface area contributed by atoms with Gasteiger partial charge in [-0.2, -0.15) is 0 Å². The second kappa shape index (κ2) is 10.8. The molecule has 4 nitrogen and oxygen atoms in total. The molecular formula is C32H28FNO3. The number of anilines is 1. The third kappa shape index (κ3) is 5.46. The summed E-state index contributed by atoms with van der Waals surface area (Å²) in [5.41, 5.74) is 4.50. The van der Waals surface area contributed by atoms with Crippen molar-refractivity contribution in [2.24, 2.45) is 5.92 Å². The monoisotopic (exact) mass is 493 g/mol. The summed E-state index contributed by atoms with van der Waals surface area (Å²) in [7, 11) is 0. The number of carbonyl (C=O) groups is 2. The summed E-state index contributed by atoms with van der Waals surface area (Å²) < 4.78 is 19.2. The molecule has 0 radical (unpaired) electrons. The smallest absolute Gasteiger partial charge is 0.233 e. The van der Waals surface area contributed by atoms with Crippen LogP contribution in [0.3, 0.4) is 0 Å². The molecule has 1 aliphatic heterocycles. The van der Waals surface area contributed by atoms with E-state index >= 15 is 0 Å². The average molecular weight is 494 g/mol. The van der Waals surface area contributed by atoms with E-state index in [4.69, 9.17) is 4.74 Å². The highest BCUT2D eigenvalue weighted by Gasteiger charge is 2.48. The lowest BCUT2D eigenvalue weighted by Gasteiger charge is -2.47. The molecule has 2 atom stereocenters. The zero-order valence-corrected chi connectivity index (χ0v) is 20.6. The number of amides is 1. The second-order valence-corrected chi connectivity index (χ2v) is 9.41. The molecule has 37 heavy (non-hydrogen) atoms. The van der Waals surface area contributed by atoms with Gasteiger partial charge in [-0.25, -0.2) is 4.39 Å². The van der Waals surface area contributed by atoms with E-state index in [1.54, 1.807) is 0 Å². The summed E-state index contributed by atoms with van der Waals surface area (Å²) in [6.45, 7) is 2.49. The maximum atomic E-state index is 13.3. The quantitative estimate of drug-likeness (QED) is 0.185. The topological polar surface area (TPSA) is 46.6 Å². The molecule has 5 heteroatoms. The highest BCUT2D eigenvalue weighted by molar-refractivity contribution is 6.04. The fourth-order valence-electron chi connectivity index (χ4n) is 4.77. The summed E-state index contributed by atoms with van der Waals surface area (Å²) in [6.07, 6.45) is 0.646. The summed E-state index contributed by atoms with van der Waals surface area (Å²) >= 11 is 0. The van der Waals surface area contributed by atoms with Gasteiger partial charge in [-0.05, 0) is 73.0 Å². The number of carbonyl (C=O) groups excluding carboxylic acids is 2. The molecule has 4 aromatic carbocycles. The minimum Gasteiger partial charge on any atom is -0.489 e. The Morgan fingerprint density at radius 2 is 1.54 bits per heavy atom. The fraction of sp³-hybridized carbons (Fsp3) is 0.188. The lowest BCUT2D eigenvalue weighted by Crippen LogP contribution is -2.55. The molecule has 0 aromatic heterocycles. The highest BCUT2D eigenvalue weighted by atomic mass is 19.1. The molecule has 1 aliphatic rings. The standard InChI is InChI=1S/C32H28FNO3/c1-22-7-15-27(16-8-22)34-31(25-11-17-28(18-12-25)37-21-23-5-3-2-4-6-23)29(32(34)36)19-20-30(35)24-9-13-26(33)14-10-24/h2-18,29,31H,19-21H2,1H3/t29-,31-/m1/s1. The molecular weight excluding hydrogens is 465 g/mol. The number of hydrogen-bond donors (Lipinski definition) is 0. The van der Waals surface area contributed by atoms with Crippen LogP contribution < -0.4 is 9.64 Å². The van der Waals surface area contributed by atoms with E-state index < -0.39 is 0 Å². The van der Waals surface area contributed by atoms with E-state index in [0.29, 0.717) is 18.6 Å². The zero-order chi connectivity index (χ0) is 25.8. The molecule has 0 aliphatic carbocycles. The molecule has 1 heterocycles. The lowest BCUT2D eigenvalue weighted by atomic mass is 9.78. The Kier molecular flexibility index (Phi) is 7.13. The molecule has 4 aromatic rings. The normalized spacial score (nSPS) is 16.8. The number of halogens is 1. The van der Waals surface area contributed by atoms with Crippen molar-refractivity contribution in [3.05, 3.63) is 131 Å². The van der Waals surface area contributed by atoms with Crippen LogP contribution in [-0.2, 0) is 11.4 Å². The number of β-lactam (4-membered cyclic amide) rings is 1. The molecule has 0 spiro atoms. The molecule has 1 fully saturated rings. The van der Waals surface area contributed by atoms with Crippen LogP contribution in [0.4, 0.5) is 10.1 Å². The van der Waals surface area contributed by atoms with Crippen molar-refractivity contribution in [1.29, 1.82) is 0 Å². The average Bonchev–Trinajstić information content (AvgIpc) is 2.93. The van der Waals surface area contributed by atoms with Crippen LogP contribution in [0.2, 0.25) is 0 Å². The lowest BCUT2D eigenvalue weighted by molar-refractivity contribution is -0.130. The Labute approximate surface area is 216 Å². The Bertz CT molecular complexity index is 1370. The van der Waals surface area contributed by atoms with Crippen molar-refractivity contribution in [3.8, 4) is 5.75 Å². The van der Waals surface area contributed by atoms with Crippen LogP contribution in [0, 0.1) is 18.7 Å².